The number of carbonyl (C=O) groups is 2. The molecular formula is C14H12ClN3O3. The fourth-order valence-corrected chi connectivity index (χ4v) is 1.73. The molecule has 0 saturated carbocycles. The maximum absolute atomic E-state index is 11.9. The van der Waals surface area contributed by atoms with Crippen LogP contribution in [-0.2, 0) is 11.2 Å². The summed E-state index contributed by atoms with van der Waals surface area (Å²) in [6, 6.07) is 6.95. The van der Waals surface area contributed by atoms with Crippen LogP contribution in [0.25, 0.3) is 0 Å². The van der Waals surface area contributed by atoms with Crippen LogP contribution < -0.4 is 5.32 Å². The highest BCUT2D eigenvalue weighted by Gasteiger charge is 2.08. The van der Waals surface area contributed by atoms with Crippen LogP contribution in [0.2, 0.25) is 5.15 Å². The van der Waals surface area contributed by atoms with Gasteiger partial charge in [-0.25, -0.2) is 9.97 Å². The summed E-state index contributed by atoms with van der Waals surface area (Å²) in [5, 5.41) is 11.5. The maximum Gasteiger partial charge on any atom is 0.303 e. The van der Waals surface area contributed by atoms with E-state index < -0.39 is 11.9 Å². The number of aliphatic carboxylic acids is 1. The van der Waals surface area contributed by atoms with Crippen LogP contribution >= 0.6 is 11.6 Å². The number of carboxylic acids is 1. The first-order chi connectivity index (χ1) is 10.0. The van der Waals surface area contributed by atoms with E-state index in [0.29, 0.717) is 12.1 Å². The number of carbonyl (C=O) groups excluding carboxylic acids is 1. The van der Waals surface area contributed by atoms with E-state index >= 15 is 0 Å². The molecule has 1 heterocycles. The van der Waals surface area contributed by atoms with Gasteiger partial charge in [0.05, 0.1) is 12.4 Å². The Bertz CT molecular complexity index is 642. The van der Waals surface area contributed by atoms with Crippen molar-refractivity contribution in [3.05, 3.63) is 53.1 Å². The van der Waals surface area contributed by atoms with Gasteiger partial charge in [0.1, 0.15) is 10.8 Å². The lowest BCUT2D eigenvalue weighted by Gasteiger charge is -2.05. The number of rotatable bonds is 5. The first-order valence-corrected chi connectivity index (χ1v) is 6.52. The van der Waals surface area contributed by atoms with Crippen LogP contribution in [0.4, 0.5) is 5.69 Å². The number of halogens is 1. The third-order valence-corrected chi connectivity index (χ3v) is 2.89. The number of amides is 1. The molecule has 0 saturated heterocycles. The molecule has 2 N–H and O–H groups in total. The molecule has 2 rings (SSSR count). The number of anilines is 1. The van der Waals surface area contributed by atoms with Crippen molar-refractivity contribution in [2.24, 2.45) is 0 Å². The molecule has 1 aromatic heterocycles. The number of hydrogen-bond donors (Lipinski definition) is 2. The van der Waals surface area contributed by atoms with Gasteiger partial charge >= 0.3 is 5.97 Å². The quantitative estimate of drug-likeness (QED) is 0.885. The number of hydrogen-bond acceptors (Lipinski definition) is 4. The molecule has 0 spiro atoms. The fraction of sp³-hybridized carbons (Fsp3) is 0.143. The van der Waals surface area contributed by atoms with E-state index in [1.807, 2.05) is 0 Å². The summed E-state index contributed by atoms with van der Waals surface area (Å²) in [5.41, 5.74) is 1.65. The summed E-state index contributed by atoms with van der Waals surface area (Å²) in [4.78, 5) is 30.0. The highest BCUT2D eigenvalue weighted by atomic mass is 35.5. The second-order valence-electron chi connectivity index (χ2n) is 4.27. The number of nitrogens with zero attached hydrogens (tertiary/aromatic N) is 2. The third kappa shape index (κ3) is 4.54. The first kappa shape index (κ1) is 14.9. The van der Waals surface area contributed by atoms with E-state index in [1.54, 1.807) is 24.3 Å². The van der Waals surface area contributed by atoms with E-state index in [1.165, 1.54) is 12.4 Å². The van der Waals surface area contributed by atoms with E-state index in [4.69, 9.17) is 16.7 Å². The Labute approximate surface area is 125 Å². The van der Waals surface area contributed by atoms with E-state index in [-0.39, 0.29) is 17.3 Å². The second-order valence-corrected chi connectivity index (χ2v) is 4.66. The summed E-state index contributed by atoms with van der Waals surface area (Å²) in [5.74, 6) is -1.23. The topological polar surface area (TPSA) is 92.2 Å². The van der Waals surface area contributed by atoms with Gasteiger partial charge in [-0.2, -0.15) is 0 Å². The SMILES string of the molecule is O=C(O)CCc1ccc(NC(=O)c2cnc(Cl)cn2)cc1. The van der Waals surface area contributed by atoms with Crippen LogP contribution in [0, 0.1) is 0 Å². The second kappa shape index (κ2) is 6.81. The molecular weight excluding hydrogens is 294 g/mol. The molecule has 1 aromatic carbocycles. The maximum atomic E-state index is 11.9. The standard InChI is InChI=1S/C14H12ClN3O3/c15-12-8-16-11(7-17-12)14(21)18-10-4-1-9(2-5-10)3-6-13(19)20/h1-2,4-5,7-8H,3,6H2,(H,18,21)(H,19,20). The number of aromatic nitrogens is 2. The first-order valence-electron chi connectivity index (χ1n) is 6.14. The Kier molecular flexibility index (Phi) is 4.84. The van der Waals surface area contributed by atoms with Crippen molar-refractivity contribution >= 4 is 29.2 Å². The third-order valence-electron chi connectivity index (χ3n) is 2.69. The summed E-state index contributed by atoms with van der Waals surface area (Å²) in [6.07, 6.45) is 3.11. The van der Waals surface area contributed by atoms with Gasteiger partial charge in [0.2, 0.25) is 0 Å². The van der Waals surface area contributed by atoms with Crippen LogP contribution in [0.5, 0.6) is 0 Å². The van der Waals surface area contributed by atoms with Crippen molar-refractivity contribution in [1.29, 1.82) is 0 Å². The summed E-state index contributed by atoms with van der Waals surface area (Å²) < 4.78 is 0. The number of aryl methyl sites for hydroxylation is 1. The van der Waals surface area contributed by atoms with Crippen LogP contribution in [0.3, 0.4) is 0 Å². The molecule has 2 aromatic rings. The highest BCUT2D eigenvalue weighted by molar-refractivity contribution is 6.29. The van der Waals surface area contributed by atoms with Crippen molar-refractivity contribution in [3.8, 4) is 0 Å². The van der Waals surface area contributed by atoms with Gasteiger partial charge in [-0.1, -0.05) is 23.7 Å². The van der Waals surface area contributed by atoms with Crippen LogP contribution in [0.15, 0.2) is 36.7 Å². The van der Waals surface area contributed by atoms with Gasteiger partial charge in [0.25, 0.3) is 5.91 Å². The van der Waals surface area contributed by atoms with Crippen molar-refractivity contribution in [2.75, 3.05) is 5.32 Å². The molecule has 0 fully saturated rings. The van der Waals surface area contributed by atoms with Crippen molar-refractivity contribution in [1.82, 2.24) is 9.97 Å². The lowest BCUT2D eigenvalue weighted by atomic mass is 10.1. The van der Waals surface area contributed by atoms with Gasteiger partial charge < -0.3 is 10.4 Å². The number of benzene rings is 1. The summed E-state index contributed by atoms with van der Waals surface area (Å²) in [7, 11) is 0. The lowest BCUT2D eigenvalue weighted by Crippen LogP contribution is -2.13. The van der Waals surface area contributed by atoms with E-state index in [9.17, 15) is 9.59 Å². The Morgan fingerprint density at radius 3 is 2.43 bits per heavy atom. The molecule has 0 radical (unpaired) electrons. The minimum Gasteiger partial charge on any atom is -0.481 e. The minimum absolute atomic E-state index is 0.0755. The Morgan fingerprint density at radius 1 is 1.14 bits per heavy atom. The molecule has 21 heavy (non-hydrogen) atoms. The van der Waals surface area contributed by atoms with Crippen molar-refractivity contribution < 1.29 is 14.7 Å². The van der Waals surface area contributed by atoms with Crippen molar-refractivity contribution in [3.63, 3.8) is 0 Å². The zero-order valence-electron chi connectivity index (χ0n) is 10.9. The van der Waals surface area contributed by atoms with E-state index in [2.05, 4.69) is 15.3 Å². The fourth-order valence-electron chi connectivity index (χ4n) is 1.63. The van der Waals surface area contributed by atoms with Gasteiger partial charge in [-0.3, -0.25) is 9.59 Å². The monoisotopic (exact) mass is 305 g/mol. The molecule has 6 nitrogen and oxygen atoms in total. The van der Waals surface area contributed by atoms with Crippen LogP contribution in [-0.4, -0.2) is 27.0 Å². The highest BCUT2D eigenvalue weighted by Crippen LogP contribution is 2.12. The molecule has 7 heteroatoms. The lowest BCUT2D eigenvalue weighted by molar-refractivity contribution is -0.136. The number of carboxylic acid groups (broad SMARTS) is 1. The van der Waals surface area contributed by atoms with Gasteiger partial charge in [-0.05, 0) is 24.1 Å². The average Bonchev–Trinajstić information content (AvgIpc) is 2.47. The smallest absolute Gasteiger partial charge is 0.303 e. The molecule has 0 aliphatic carbocycles. The predicted octanol–water partition coefficient (Wildman–Crippen LogP) is 2.40. The van der Waals surface area contributed by atoms with Crippen molar-refractivity contribution in [2.45, 2.75) is 12.8 Å². The largest absolute Gasteiger partial charge is 0.481 e. The minimum atomic E-state index is -0.839. The molecule has 0 atom stereocenters. The average molecular weight is 306 g/mol. The Morgan fingerprint density at radius 2 is 1.86 bits per heavy atom. The molecule has 0 aliphatic heterocycles. The Balaban J connectivity index is 1.98. The molecule has 0 bridgehead atoms. The van der Waals surface area contributed by atoms with Gasteiger partial charge in [0.15, 0.2) is 0 Å². The van der Waals surface area contributed by atoms with Gasteiger partial charge in [0, 0.05) is 12.1 Å². The normalized spacial score (nSPS) is 10.1. The van der Waals surface area contributed by atoms with Gasteiger partial charge in [-0.15, -0.1) is 0 Å². The molecule has 0 unspecified atom stereocenters. The predicted molar refractivity (Wildman–Crippen MR) is 77.4 cm³/mol. The zero-order valence-corrected chi connectivity index (χ0v) is 11.7. The zero-order chi connectivity index (χ0) is 15.2. The summed E-state index contributed by atoms with van der Waals surface area (Å²) >= 11 is 5.60. The summed E-state index contributed by atoms with van der Waals surface area (Å²) in [6.45, 7) is 0. The molecule has 1 amide bonds. The molecule has 108 valence electrons. The molecule has 0 aliphatic rings. The Hall–Kier alpha value is -2.47. The van der Waals surface area contributed by atoms with E-state index in [0.717, 1.165) is 5.56 Å². The van der Waals surface area contributed by atoms with Crippen LogP contribution in [0.1, 0.15) is 22.5 Å². The number of nitrogens with one attached hydrogen (secondary N) is 1.